The summed E-state index contributed by atoms with van der Waals surface area (Å²) >= 11 is 0. The second-order valence-corrected chi connectivity index (χ2v) is 10.3. The molecular formula is C29H38NO3Y+. The van der Waals surface area contributed by atoms with Crippen LogP contribution in [0, 0.1) is 19.8 Å². The van der Waals surface area contributed by atoms with Crippen molar-refractivity contribution >= 4 is 11.8 Å². The maximum atomic E-state index is 13.4. The number of benzene rings is 2. The summed E-state index contributed by atoms with van der Waals surface area (Å²) in [6, 6.07) is 16.6. The minimum atomic E-state index is -0.115. The largest absolute Gasteiger partial charge is 0.462 e. The van der Waals surface area contributed by atoms with Gasteiger partial charge >= 0.3 is 5.97 Å². The Labute approximate surface area is 229 Å². The molecule has 0 N–H and O–H groups in total. The number of nitrogens with zero attached hydrogens (tertiary/aromatic N) is 1. The minimum Gasteiger partial charge on any atom is -0.462 e. The van der Waals surface area contributed by atoms with Crippen molar-refractivity contribution in [1.29, 1.82) is 0 Å². The van der Waals surface area contributed by atoms with Crippen molar-refractivity contribution in [1.82, 2.24) is 0 Å². The number of hydrogen-bond acceptors (Lipinski definition) is 3. The number of likely N-dealkylation sites (tertiary alicyclic amines) is 1. The molecule has 4 rings (SSSR count). The zero-order chi connectivity index (χ0) is 23.3. The Morgan fingerprint density at radius 2 is 1.59 bits per heavy atom. The summed E-state index contributed by atoms with van der Waals surface area (Å²) in [7, 11) is 0. The molecule has 2 aromatic rings. The van der Waals surface area contributed by atoms with Crippen LogP contribution in [0.1, 0.15) is 60.8 Å². The molecule has 2 fully saturated rings. The zero-order valence-electron chi connectivity index (χ0n) is 20.8. The molecule has 5 heteroatoms. The van der Waals surface area contributed by atoms with Crippen molar-refractivity contribution in [2.75, 3.05) is 19.6 Å². The van der Waals surface area contributed by atoms with E-state index in [1.54, 1.807) is 0 Å². The molecule has 4 nitrogen and oxygen atoms in total. The third kappa shape index (κ3) is 7.09. The molecule has 1 radical (unpaired) electrons. The van der Waals surface area contributed by atoms with Crippen LogP contribution in [-0.2, 0) is 60.0 Å². The number of carbonyl (C=O) groups is 2. The van der Waals surface area contributed by atoms with Gasteiger partial charge in [0.1, 0.15) is 25.1 Å². The number of piperidine rings is 1. The van der Waals surface area contributed by atoms with Gasteiger partial charge in [-0.3, -0.25) is 9.59 Å². The van der Waals surface area contributed by atoms with Gasteiger partial charge in [0.2, 0.25) is 0 Å². The van der Waals surface area contributed by atoms with E-state index in [1.165, 1.54) is 16.7 Å². The molecule has 2 unspecified atom stereocenters. The van der Waals surface area contributed by atoms with Crippen LogP contribution < -0.4 is 0 Å². The van der Waals surface area contributed by atoms with Crippen molar-refractivity contribution in [2.24, 2.45) is 5.92 Å². The quantitative estimate of drug-likeness (QED) is 0.338. The molecule has 0 aromatic heterocycles. The predicted octanol–water partition coefficient (Wildman–Crippen LogP) is 5.33. The van der Waals surface area contributed by atoms with Crippen LogP contribution in [0.15, 0.2) is 48.5 Å². The monoisotopic (exact) mass is 537 g/mol. The Bertz CT molecular complexity index is 950. The second-order valence-electron chi connectivity index (χ2n) is 10.3. The minimum absolute atomic E-state index is 0. The van der Waals surface area contributed by atoms with E-state index in [4.69, 9.17) is 4.74 Å². The first-order valence-corrected chi connectivity index (χ1v) is 12.6. The maximum Gasteiger partial charge on any atom is 0.314 e. The van der Waals surface area contributed by atoms with E-state index in [-0.39, 0.29) is 56.5 Å². The summed E-state index contributed by atoms with van der Waals surface area (Å²) in [5, 5.41) is 0. The van der Waals surface area contributed by atoms with E-state index < -0.39 is 0 Å². The number of ether oxygens (including phenoxy) is 1. The van der Waals surface area contributed by atoms with Crippen LogP contribution in [0.25, 0.3) is 0 Å². The van der Waals surface area contributed by atoms with Crippen molar-refractivity contribution in [3.05, 3.63) is 70.8 Å². The SMILES string of the molecule is Cc1cccc(C)c1CC(=O)C[N+]1(Cc2ccccc2)CCCC(C(=O)OC2CCCC2)C1.[Y]. The number of aryl methyl sites for hydroxylation is 2. The molecule has 1 aliphatic heterocycles. The van der Waals surface area contributed by atoms with Gasteiger partial charge < -0.3 is 9.22 Å². The van der Waals surface area contributed by atoms with Crippen LogP contribution >= 0.6 is 0 Å². The fourth-order valence-corrected chi connectivity index (χ4v) is 5.85. The number of quaternary nitrogens is 1. The van der Waals surface area contributed by atoms with E-state index in [9.17, 15) is 9.59 Å². The first-order valence-electron chi connectivity index (χ1n) is 12.6. The molecule has 2 atom stereocenters. The predicted molar refractivity (Wildman–Crippen MR) is 131 cm³/mol. The number of ketones is 1. The van der Waals surface area contributed by atoms with Crippen molar-refractivity contribution in [2.45, 2.75) is 71.4 Å². The Hall–Kier alpha value is -1.36. The zero-order valence-corrected chi connectivity index (χ0v) is 23.6. The topological polar surface area (TPSA) is 43.4 Å². The average Bonchev–Trinajstić information content (AvgIpc) is 3.30. The fourth-order valence-electron chi connectivity index (χ4n) is 5.85. The third-order valence-electron chi connectivity index (χ3n) is 7.60. The molecule has 2 aromatic carbocycles. The number of hydrogen-bond donors (Lipinski definition) is 0. The number of esters is 1. The van der Waals surface area contributed by atoms with E-state index >= 15 is 0 Å². The van der Waals surface area contributed by atoms with Crippen molar-refractivity contribution < 1.29 is 51.5 Å². The van der Waals surface area contributed by atoms with E-state index in [2.05, 4.69) is 50.2 Å². The van der Waals surface area contributed by atoms with Gasteiger partial charge in [0, 0.05) is 44.7 Å². The molecule has 179 valence electrons. The molecule has 34 heavy (non-hydrogen) atoms. The third-order valence-corrected chi connectivity index (χ3v) is 7.60. The molecule has 1 saturated carbocycles. The molecule has 0 amide bonds. The van der Waals surface area contributed by atoms with Crippen LogP contribution in [-0.4, -0.2) is 42.0 Å². The molecule has 0 bridgehead atoms. The number of rotatable bonds is 8. The average molecular weight is 538 g/mol. The van der Waals surface area contributed by atoms with Gasteiger partial charge in [-0.1, -0.05) is 48.5 Å². The normalized spacial score (nSPS) is 22.7. The summed E-state index contributed by atoms with van der Waals surface area (Å²) in [5.74, 6) is 0.101. The van der Waals surface area contributed by atoms with Gasteiger partial charge in [-0.2, -0.15) is 0 Å². The van der Waals surface area contributed by atoms with Crippen molar-refractivity contribution in [3.63, 3.8) is 0 Å². The molecule has 0 spiro atoms. The van der Waals surface area contributed by atoms with Gasteiger partial charge in [0.15, 0.2) is 5.78 Å². The van der Waals surface area contributed by atoms with Crippen LogP contribution in [0.3, 0.4) is 0 Å². The summed E-state index contributed by atoms with van der Waals surface area (Å²) < 4.78 is 6.54. The van der Waals surface area contributed by atoms with Crippen LogP contribution in [0.4, 0.5) is 0 Å². The molecule has 1 aliphatic carbocycles. The first-order chi connectivity index (χ1) is 15.9. The molecule has 2 aliphatic rings. The fraction of sp³-hybridized carbons (Fsp3) is 0.517. The van der Waals surface area contributed by atoms with Crippen LogP contribution in [0.2, 0.25) is 0 Å². The Morgan fingerprint density at radius 1 is 0.912 bits per heavy atom. The van der Waals surface area contributed by atoms with Gasteiger partial charge in [0.05, 0.1) is 13.1 Å². The van der Waals surface area contributed by atoms with Gasteiger partial charge in [-0.05, 0) is 69.1 Å². The number of Topliss-reactive ketones (excluding diaryl/α,β-unsaturated/α-hetero) is 1. The Kier molecular flexibility index (Phi) is 10.1. The van der Waals surface area contributed by atoms with Gasteiger partial charge in [0.25, 0.3) is 0 Å². The van der Waals surface area contributed by atoms with Crippen molar-refractivity contribution in [3.8, 4) is 0 Å². The van der Waals surface area contributed by atoms with Crippen LogP contribution in [0.5, 0.6) is 0 Å². The second kappa shape index (κ2) is 12.6. The van der Waals surface area contributed by atoms with Gasteiger partial charge in [-0.15, -0.1) is 0 Å². The molecule has 1 saturated heterocycles. The van der Waals surface area contributed by atoms with E-state index in [1.807, 2.05) is 12.1 Å². The first kappa shape index (κ1) is 27.2. The van der Waals surface area contributed by atoms with E-state index in [0.29, 0.717) is 24.0 Å². The summed E-state index contributed by atoms with van der Waals surface area (Å²) in [6.07, 6.45) is 6.69. The molecular weight excluding hydrogens is 499 g/mol. The summed E-state index contributed by atoms with van der Waals surface area (Å²) in [4.78, 5) is 26.4. The smallest absolute Gasteiger partial charge is 0.314 e. The standard InChI is InChI=1S/C29H38NO3.Y/c1-22-10-8-11-23(2)28(22)18-26(31)21-30(19-24-12-4-3-5-13-24)17-9-14-25(20-30)29(32)33-27-15-6-7-16-27;/h3-5,8,10-13,25,27H,6-7,9,14-21H2,1-2H3;/q+1;. The summed E-state index contributed by atoms with van der Waals surface area (Å²) in [6.45, 7) is 7.04. The summed E-state index contributed by atoms with van der Waals surface area (Å²) in [5.41, 5.74) is 4.72. The van der Waals surface area contributed by atoms with E-state index in [0.717, 1.165) is 57.2 Å². The maximum absolute atomic E-state index is 13.4. The Balaban J connectivity index is 0.00000324. The Morgan fingerprint density at radius 3 is 2.26 bits per heavy atom. The number of carbonyl (C=O) groups excluding carboxylic acids is 2. The van der Waals surface area contributed by atoms with Gasteiger partial charge in [-0.25, -0.2) is 0 Å². The molecule has 1 heterocycles.